The van der Waals surface area contributed by atoms with Crippen molar-refractivity contribution in [3.05, 3.63) is 0 Å². The molecule has 3 fully saturated rings. The maximum Gasteiger partial charge on any atom is 0.243 e. The molecule has 0 spiro atoms. The van der Waals surface area contributed by atoms with Crippen LogP contribution in [0, 0.1) is 23.7 Å². The normalized spacial score (nSPS) is 38.8. The Morgan fingerprint density at radius 2 is 2.07 bits per heavy atom. The summed E-state index contributed by atoms with van der Waals surface area (Å²) in [6.45, 7) is 0. The van der Waals surface area contributed by atoms with Crippen molar-refractivity contribution in [2.75, 3.05) is 0 Å². The Labute approximate surface area is 90.3 Å². The van der Waals surface area contributed by atoms with Crippen molar-refractivity contribution in [1.29, 1.82) is 0 Å². The van der Waals surface area contributed by atoms with Crippen molar-refractivity contribution in [3.63, 3.8) is 0 Å². The quantitative estimate of drug-likeness (QED) is 0.556. The average molecular weight is 206 g/mol. The summed E-state index contributed by atoms with van der Waals surface area (Å²) in [5.74, 6) is 2.84. The topological polar surface area (TPSA) is 41.5 Å². The molecule has 0 radical (unpaired) electrons. The van der Waals surface area contributed by atoms with E-state index in [0.29, 0.717) is 5.92 Å². The molecule has 3 aliphatic carbocycles. The lowest BCUT2D eigenvalue weighted by Crippen LogP contribution is -2.21. The van der Waals surface area contributed by atoms with Crippen molar-refractivity contribution in [3.8, 4) is 0 Å². The summed E-state index contributed by atoms with van der Waals surface area (Å²) >= 11 is 0. The van der Waals surface area contributed by atoms with Gasteiger partial charge in [0, 0.05) is 12.1 Å². The van der Waals surface area contributed by atoms with Crippen LogP contribution in [0.5, 0.6) is 0 Å². The second kappa shape index (κ2) is 3.62. The van der Waals surface area contributed by atoms with E-state index in [-0.39, 0.29) is 11.8 Å². The minimum Gasteiger partial charge on any atom is -0.273 e. The first-order valence-electron chi connectivity index (χ1n) is 6.16. The zero-order valence-corrected chi connectivity index (χ0v) is 8.98. The van der Waals surface area contributed by atoms with Crippen LogP contribution in [0.15, 0.2) is 5.10 Å². The SMILES string of the molecule is O=C(NN=C[C@@H]1C[C@H]2CC[C@H]1C2)C1CC1. The lowest BCUT2D eigenvalue weighted by Gasteiger charge is -2.16. The third kappa shape index (κ3) is 1.92. The third-order valence-corrected chi connectivity index (χ3v) is 4.18. The highest BCUT2D eigenvalue weighted by molar-refractivity contribution is 5.81. The molecular formula is C12H18N2O. The van der Waals surface area contributed by atoms with Crippen LogP contribution in [0.2, 0.25) is 0 Å². The maximum absolute atomic E-state index is 11.3. The molecule has 3 heteroatoms. The van der Waals surface area contributed by atoms with Crippen LogP contribution < -0.4 is 5.43 Å². The summed E-state index contributed by atoms with van der Waals surface area (Å²) in [7, 11) is 0. The standard InChI is InChI=1S/C12H18N2O/c15-12(9-3-4-9)14-13-7-11-6-8-1-2-10(11)5-8/h7-11H,1-6H2,(H,14,15)/t8-,10-,11-/m0/s1. The minimum absolute atomic E-state index is 0.120. The zero-order valence-electron chi connectivity index (χ0n) is 8.98. The molecule has 0 aromatic heterocycles. The summed E-state index contributed by atoms with van der Waals surface area (Å²) in [6.07, 6.45) is 9.58. The van der Waals surface area contributed by atoms with Gasteiger partial charge in [-0.1, -0.05) is 6.42 Å². The smallest absolute Gasteiger partial charge is 0.243 e. The highest BCUT2D eigenvalue weighted by Crippen LogP contribution is 2.47. The lowest BCUT2D eigenvalue weighted by atomic mass is 9.90. The largest absolute Gasteiger partial charge is 0.273 e. The fourth-order valence-corrected chi connectivity index (χ4v) is 3.11. The Balaban J connectivity index is 1.48. The molecule has 0 aromatic carbocycles. The van der Waals surface area contributed by atoms with Crippen LogP contribution in [-0.4, -0.2) is 12.1 Å². The van der Waals surface area contributed by atoms with Gasteiger partial charge >= 0.3 is 0 Å². The van der Waals surface area contributed by atoms with Crippen molar-refractivity contribution in [1.82, 2.24) is 5.43 Å². The van der Waals surface area contributed by atoms with Gasteiger partial charge in [0.25, 0.3) is 0 Å². The molecule has 3 nitrogen and oxygen atoms in total. The highest BCUT2D eigenvalue weighted by Gasteiger charge is 2.38. The molecule has 3 aliphatic rings. The summed E-state index contributed by atoms with van der Waals surface area (Å²) in [6, 6.07) is 0. The first-order chi connectivity index (χ1) is 7.33. The number of rotatable bonds is 3. The number of nitrogens with one attached hydrogen (secondary N) is 1. The number of amides is 1. The van der Waals surface area contributed by atoms with Crippen LogP contribution >= 0.6 is 0 Å². The molecule has 1 N–H and O–H groups in total. The fourth-order valence-electron chi connectivity index (χ4n) is 3.11. The molecule has 3 rings (SSSR count). The van der Waals surface area contributed by atoms with Crippen molar-refractivity contribution in [2.45, 2.75) is 38.5 Å². The summed E-state index contributed by atoms with van der Waals surface area (Å²) in [5.41, 5.74) is 2.66. The van der Waals surface area contributed by atoms with E-state index in [1.54, 1.807) is 0 Å². The van der Waals surface area contributed by atoms with Crippen LogP contribution in [0.3, 0.4) is 0 Å². The molecule has 82 valence electrons. The minimum atomic E-state index is 0.120. The van der Waals surface area contributed by atoms with E-state index in [1.807, 2.05) is 6.21 Å². The van der Waals surface area contributed by atoms with Crippen molar-refractivity contribution >= 4 is 12.1 Å². The number of hydrogen-bond donors (Lipinski definition) is 1. The molecule has 0 heterocycles. The van der Waals surface area contributed by atoms with E-state index in [0.717, 1.165) is 24.7 Å². The van der Waals surface area contributed by atoms with E-state index in [1.165, 1.54) is 25.7 Å². The second-order valence-corrected chi connectivity index (χ2v) is 5.37. The monoisotopic (exact) mass is 206 g/mol. The first-order valence-corrected chi connectivity index (χ1v) is 6.16. The maximum atomic E-state index is 11.3. The molecule has 1 amide bonds. The van der Waals surface area contributed by atoms with Crippen molar-refractivity contribution in [2.24, 2.45) is 28.8 Å². The fraction of sp³-hybridized carbons (Fsp3) is 0.833. The van der Waals surface area contributed by atoms with Crippen LogP contribution in [-0.2, 0) is 4.79 Å². The van der Waals surface area contributed by atoms with Crippen LogP contribution in [0.4, 0.5) is 0 Å². The van der Waals surface area contributed by atoms with Gasteiger partial charge in [-0.25, -0.2) is 5.43 Å². The Morgan fingerprint density at radius 3 is 2.67 bits per heavy atom. The molecular weight excluding hydrogens is 188 g/mol. The molecule has 3 atom stereocenters. The number of hydrogen-bond acceptors (Lipinski definition) is 2. The predicted octanol–water partition coefficient (Wildman–Crippen LogP) is 1.93. The summed E-state index contributed by atoms with van der Waals surface area (Å²) in [5, 5.41) is 4.11. The van der Waals surface area contributed by atoms with Crippen LogP contribution in [0.1, 0.15) is 38.5 Å². The molecule has 0 saturated heterocycles. The van der Waals surface area contributed by atoms with Gasteiger partial charge < -0.3 is 0 Å². The zero-order chi connectivity index (χ0) is 10.3. The van der Waals surface area contributed by atoms with Gasteiger partial charge in [0.05, 0.1) is 0 Å². The average Bonchev–Trinajstić information content (AvgIpc) is 2.90. The third-order valence-electron chi connectivity index (χ3n) is 4.18. The summed E-state index contributed by atoms with van der Waals surface area (Å²) in [4.78, 5) is 11.3. The molecule has 15 heavy (non-hydrogen) atoms. The first kappa shape index (κ1) is 9.37. The van der Waals surface area contributed by atoms with Gasteiger partial charge in [0.15, 0.2) is 0 Å². The Hall–Kier alpha value is -0.860. The number of hydrazone groups is 1. The molecule has 3 saturated carbocycles. The summed E-state index contributed by atoms with van der Waals surface area (Å²) < 4.78 is 0. The van der Waals surface area contributed by atoms with E-state index in [4.69, 9.17) is 0 Å². The van der Waals surface area contributed by atoms with E-state index in [2.05, 4.69) is 10.5 Å². The number of fused-ring (bicyclic) bond motifs is 2. The van der Waals surface area contributed by atoms with Gasteiger partial charge in [0.2, 0.25) is 5.91 Å². The second-order valence-electron chi connectivity index (χ2n) is 5.37. The lowest BCUT2D eigenvalue weighted by molar-refractivity contribution is -0.122. The molecule has 2 bridgehead atoms. The van der Waals surface area contributed by atoms with Gasteiger partial charge in [-0.3, -0.25) is 4.79 Å². The van der Waals surface area contributed by atoms with Gasteiger partial charge in [0.1, 0.15) is 0 Å². The Morgan fingerprint density at radius 1 is 1.20 bits per heavy atom. The molecule has 0 aromatic rings. The predicted molar refractivity (Wildman–Crippen MR) is 58.3 cm³/mol. The molecule has 0 unspecified atom stereocenters. The number of carbonyl (C=O) groups is 1. The van der Waals surface area contributed by atoms with E-state index in [9.17, 15) is 4.79 Å². The van der Waals surface area contributed by atoms with Crippen LogP contribution in [0.25, 0.3) is 0 Å². The highest BCUT2D eigenvalue weighted by atomic mass is 16.2. The Bertz CT molecular complexity index is 296. The van der Waals surface area contributed by atoms with Gasteiger partial charge in [-0.05, 0) is 49.9 Å². The number of carbonyl (C=O) groups excluding carboxylic acids is 1. The van der Waals surface area contributed by atoms with E-state index >= 15 is 0 Å². The van der Waals surface area contributed by atoms with Crippen molar-refractivity contribution < 1.29 is 4.79 Å². The Kier molecular flexibility index (Phi) is 2.26. The van der Waals surface area contributed by atoms with E-state index < -0.39 is 0 Å². The van der Waals surface area contributed by atoms with Gasteiger partial charge in [-0.15, -0.1) is 0 Å². The number of nitrogens with zero attached hydrogens (tertiary/aromatic N) is 1. The van der Waals surface area contributed by atoms with Gasteiger partial charge in [-0.2, -0.15) is 5.10 Å². The molecule has 0 aliphatic heterocycles.